The molecule has 0 aliphatic carbocycles. The summed E-state index contributed by atoms with van der Waals surface area (Å²) in [5.74, 6) is -0.585. The number of hydrogen-bond donors (Lipinski definition) is 0. The number of carbonyl (C=O) groups is 1. The molecule has 2 heterocycles. The Kier molecular flexibility index (Phi) is 7.70. The van der Waals surface area contributed by atoms with E-state index in [4.69, 9.17) is 11.6 Å². The number of nitro benzene ring substituents is 1. The maximum absolute atomic E-state index is 14.1. The number of nitrogens with zero attached hydrogens (tertiary/aromatic N) is 4. The molecule has 0 saturated carbocycles. The van der Waals surface area contributed by atoms with Crippen molar-refractivity contribution in [2.24, 2.45) is 5.92 Å². The van der Waals surface area contributed by atoms with Crippen LogP contribution in [0.5, 0.6) is 0 Å². The molecular formula is C23H26ClFN4O5S. The highest BCUT2D eigenvalue weighted by molar-refractivity contribution is 7.89. The average molecular weight is 525 g/mol. The summed E-state index contributed by atoms with van der Waals surface area (Å²) in [5.41, 5.74) is 0.279. The number of non-ortho nitro benzene ring substituents is 1. The molecular weight excluding hydrogens is 499 g/mol. The zero-order valence-corrected chi connectivity index (χ0v) is 20.5. The van der Waals surface area contributed by atoms with Gasteiger partial charge in [0.05, 0.1) is 9.82 Å². The molecule has 0 aromatic heterocycles. The summed E-state index contributed by atoms with van der Waals surface area (Å²) in [6.45, 7) is 3.04. The van der Waals surface area contributed by atoms with Crippen LogP contribution in [0.25, 0.3) is 0 Å². The summed E-state index contributed by atoms with van der Waals surface area (Å²) in [7, 11) is -3.78. The number of rotatable bonds is 6. The average Bonchev–Trinajstić information content (AvgIpc) is 2.86. The molecule has 0 unspecified atom stereocenters. The van der Waals surface area contributed by atoms with Crippen molar-refractivity contribution in [2.45, 2.75) is 24.3 Å². The van der Waals surface area contributed by atoms with Gasteiger partial charge in [-0.1, -0.05) is 17.7 Å². The van der Waals surface area contributed by atoms with Crippen LogP contribution in [0.1, 0.15) is 18.4 Å². The molecule has 188 valence electrons. The van der Waals surface area contributed by atoms with Gasteiger partial charge in [0.25, 0.3) is 5.69 Å². The predicted molar refractivity (Wildman–Crippen MR) is 128 cm³/mol. The molecule has 2 aliphatic heterocycles. The molecule has 1 amide bonds. The number of hydrogen-bond acceptors (Lipinski definition) is 6. The van der Waals surface area contributed by atoms with Gasteiger partial charge in [-0.3, -0.25) is 19.8 Å². The molecule has 4 rings (SSSR count). The van der Waals surface area contributed by atoms with Gasteiger partial charge in [-0.05, 0) is 37.1 Å². The maximum atomic E-state index is 14.1. The fraction of sp³-hybridized carbons (Fsp3) is 0.435. The molecule has 12 heteroatoms. The van der Waals surface area contributed by atoms with Gasteiger partial charge >= 0.3 is 0 Å². The molecule has 2 fully saturated rings. The van der Waals surface area contributed by atoms with Crippen molar-refractivity contribution in [1.29, 1.82) is 0 Å². The van der Waals surface area contributed by atoms with Crippen LogP contribution in [-0.2, 0) is 21.4 Å². The lowest BCUT2D eigenvalue weighted by atomic mass is 9.96. The molecule has 0 bridgehead atoms. The van der Waals surface area contributed by atoms with Gasteiger partial charge in [-0.2, -0.15) is 4.31 Å². The highest BCUT2D eigenvalue weighted by Gasteiger charge is 2.35. The first-order chi connectivity index (χ1) is 16.7. The topological polar surface area (TPSA) is 104 Å². The summed E-state index contributed by atoms with van der Waals surface area (Å²) >= 11 is 6.13. The standard InChI is InChI=1S/C23H26ClFN4O5S/c24-21-2-1-3-22(25)20(21)16-26-12-14-27(15-13-26)23(30)17-8-10-28(11-9-17)35(33,34)19-6-4-18(5-7-19)29(31)32/h1-7,17H,8-16H2. The van der Waals surface area contributed by atoms with Gasteiger partial charge < -0.3 is 4.90 Å². The molecule has 2 saturated heterocycles. The van der Waals surface area contributed by atoms with Crippen LogP contribution in [0.2, 0.25) is 5.02 Å². The fourth-order valence-electron chi connectivity index (χ4n) is 4.52. The molecule has 0 N–H and O–H groups in total. The zero-order valence-electron chi connectivity index (χ0n) is 19.0. The second-order valence-corrected chi connectivity index (χ2v) is 11.1. The van der Waals surface area contributed by atoms with E-state index in [1.807, 2.05) is 0 Å². The second kappa shape index (κ2) is 10.6. The number of piperazine rings is 1. The van der Waals surface area contributed by atoms with Gasteiger partial charge in [0.1, 0.15) is 5.82 Å². The van der Waals surface area contributed by atoms with Crippen molar-refractivity contribution in [2.75, 3.05) is 39.3 Å². The van der Waals surface area contributed by atoms with Crippen molar-refractivity contribution in [1.82, 2.24) is 14.1 Å². The quantitative estimate of drug-likeness (QED) is 0.425. The molecule has 2 aromatic carbocycles. The van der Waals surface area contributed by atoms with Crippen LogP contribution in [0.4, 0.5) is 10.1 Å². The SMILES string of the molecule is O=C(C1CCN(S(=O)(=O)c2ccc([N+](=O)[O-])cc2)CC1)N1CCN(Cc2c(F)cccc2Cl)CC1. The lowest BCUT2D eigenvalue weighted by Gasteiger charge is -2.38. The number of carbonyl (C=O) groups excluding carboxylic acids is 1. The van der Waals surface area contributed by atoms with E-state index < -0.39 is 14.9 Å². The van der Waals surface area contributed by atoms with Gasteiger partial charge in [-0.15, -0.1) is 0 Å². The fourth-order valence-corrected chi connectivity index (χ4v) is 6.22. The van der Waals surface area contributed by atoms with E-state index in [0.717, 1.165) is 0 Å². The lowest BCUT2D eigenvalue weighted by Crippen LogP contribution is -2.51. The van der Waals surface area contributed by atoms with Crippen LogP contribution in [0.15, 0.2) is 47.4 Å². The summed E-state index contributed by atoms with van der Waals surface area (Å²) < 4.78 is 41.2. The minimum Gasteiger partial charge on any atom is -0.340 e. The molecule has 2 aromatic rings. The lowest BCUT2D eigenvalue weighted by molar-refractivity contribution is -0.384. The van der Waals surface area contributed by atoms with Crippen LogP contribution in [0, 0.1) is 21.8 Å². The Hall–Kier alpha value is -2.60. The summed E-state index contributed by atoms with van der Waals surface area (Å²) in [6, 6.07) is 9.42. The van der Waals surface area contributed by atoms with Crippen LogP contribution in [-0.4, -0.2) is 72.6 Å². The predicted octanol–water partition coefficient (Wildman–Crippen LogP) is 3.13. The minimum atomic E-state index is -3.78. The Morgan fingerprint density at radius 2 is 1.66 bits per heavy atom. The smallest absolute Gasteiger partial charge is 0.269 e. The molecule has 0 atom stereocenters. The number of sulfonamides is 1. The van der Waals surface area contributed by atoms with E-state index in [1.165, 1.54) is 34.6 Å². The molecule has 0 spiro atoms. The van der Waals surface area contributed by atoms with E-state index in [2.05, 4.69) is 4.90 Å². The van der Waals surface area contributed by atoms with Crippen molar-refractivity contribution < 1.29 is 22.5 Å². The van der Waals surface area contributed by atoms with Crippen molar-refractivity contribution in [3.8, 4) is 0 Å². The summed E-state index contributed by atoms with van der Waals surface area (Å²) in [6.07, 6.45) is 0.826. The second-order valence-electron chi connectivity index (χ2n) is 8.73. The van der Waals surface area contributed by atoms with Gasteiger partial charge in [0, 0.05) is 74.5 Å². The molecule has 35 heavy (non-hydrogen) atoms. The van der Waals surface area contributed by atoms with Gasteiger partial charge in [0.2, 0.25) is 15.9 Å². The van der Waals surface area contributed by atoms with Crippen molar-refractivity contribution >= 4 is 33.2 Å². The van der Waals surface area contributed by atoms with Crippen molar-refractivity contribution in [3.05, 3.63) is 69.0 Å². The Balaban J connectivity index is 1.29. The third-order valence-electron chi connectivity index (χ3n) is 6.62. The molecule has 9 nitrogen and oxygen atoms in total. The molecule has 0 radical (unpaired) electrons. The number of halogens is 2. The monoisotopic (exact) mass is 524 g/mol. The van der Waals surface area contributed by atoms with E-state index in [1.54, 1.807) is 17.0 Å². The minimum absolute atomic E-state index is 0.000968. The first kappa shape index (κ1) is 25.5. The first-order valence-electron chi connectivity index (χ1n) is 11.4. The number of nitro groups is 1. The third-order valence-corrected chi connectivity index (χ3v) is 8.88. The van der Waals surface area contributed by atoms with Crippen LogP contribution < -0.4 is 0 Å². The number of amides is 1. The van der Waals surface area contributed by atoms with Crippen molar-refractivity contribution in [3.63, 3.8) is 0 Å². The number of benzene rings is 2. The Morgan fingerprint density at radius 1 is 1.03 bits per heavy atom. The summed E-state index contributed by atoms with van der Waals surface area (Å²) in [5, 5.41) is 11.2. The Morgan fingerprint density at radius 3 is 2.23 bits per heavy atom. The van der Waals surface area contributed by atoms with E-state index in [-0.39, 0.29) is 41.3 Å². The normalized spacial score (nSPS) is 18.5. The molecule has 2 aliphatic rings. The largest absolute Gasteiger partial charge is 0.340 e. The highest BCUT2D eigenvalue weighted by Crippen LogP contribution is 2.27. The van der Waals surface area contributed by atoms with Gasteiger partial charge in [-0.25, -0.2) is 12.8 Å². The van der Waals surface area contributed by atoms with E-state index in [0.29, 0.717) is 56.2 Å². The summed E-state index contributed by atoms with van der Waals surface area (Å²) in [4.78, 5) is 27.1. The Labute approximate surface area is 208 Å². The zero-order chi connectivity index (χ0) is 25.2. The van der Waals surface area contributed by atoms with Crippen LogP contribution >= 0.6 is 11.6 Å². The Bertz CT molecular complexity index is 1170. The van der Waals surface area contributed by atoms with Crippen LogP contribution in [0.3, 0.4) is 0 Å². The first-order valence-corrected chi connectivity index (χ1v) is 13.2. The third kappa shape index (κ3) is 5.64. The maximum Gasteiger partial charge on any atom is 0.269 e. The van der Waals surface area contributed by atoms with Gasteiger partial charge in [0.15, 0.2) is 0 Å². The van der Waals surface area contributed by atoms with E-state index >= 15 is 0 Å². The number of piperidine rings is 1. The highest BCUT2D eigenvalue weighted by atomic mass is 35.5. The van der Waals surface area contributed by atoms with E-state index in [9.17, 15) is 27.7 Å².